The van der Waals surface area contributed by atoms with Crippen molar-refractivity contribution < 1.29 is 14.6 Å². The molecular weight excluding hydrogens is 292 g/mol. The summed E-state index contributed by atoms with van der Waals surface area (Å²) >= 11 is 5.92. The summed E-state index contributed by atoms with van der Waals surface area (Å²) in [5.41, 5.74) is 0.573. The van der Waals surface area contributed by atoms with Crippen molar-refractivity contribution in [2.75, 3.05) is 39.2 Å². The molecule has 0 radical (unpaired) electrons. The molecule has 0 saturated carbocycles. The highest BCUT2D eigenvalue weighted by Gasteiger charge is 2.10. The summed E-state index contributed by atoms with van der Waals surface area (Å²) in [6.45, 7) is 1.34. The van der Waals surface area contributed by atoms with Gasteiger partial charge in [0.1, 0.15) is 5.75 Å². The molecular formula is C15H23ClN2O3. The van der Waals surface area contributed by atoms with Gasteiger partial charge in [0.2, 0.25) is 5.91 Å². The zero-order valence-electron chi connectivity index (χ0n) is 12.6. The quantitative estimate of drug-likeness (QED) is 0.687. The lowest BCUT2D eigenvalue weighted by Crippen LogP contribution is -2.31. The number of halogens is 1. The number of nitrogens with zero attached hydrogens (tertiary/aromatic N) is 1. The van der Waals surface area contributed by atoms with Gasteiger partial charge in [0.25, 0.3) is 0 Å². The third-order valence-corrected chi connectivity index (χ3v) is 3.28. The Hall–Kier alpha value is -1.30. The fourth-order valence-corrected chi connectivity index (χ4v) is 2.13. The maximum atomic E-state index is 12.0. The van der Waals surface area contributed by atoms with Crippen molar-refractivity contribution in [2.24, 2.45) is 0 Å². The lowest BCUT2D eigenvalue weighted by Gasteiger charge is -2.17. The molecule has 2 N–H and O–H groups in total. The second kappa shape index (κ2) is 9.60. The molecule has 0 aliphatic rings. The van der Waals surface area contributed by atoms with E-state index in [2.05, 4.69) is 5.32 Å². The van der Waals surface area contributed by atoms with Gasteiger partial charge >= 0.3 is 0 Å². The van der Waals surface area contributed by atoms with Crippen molar-refractivity contribution in [1.29, 1.82) is 0 Å². The van der Waals surface area contributed by atoms with Gasteiger partial charge in [-0.2, -0.15) is 0 Å². The van der Waals surface area contributed by atoms with E-state index in [1.54, 1.807) is 25.3 Å². The Morgan fingerprint density at radius 3 is 2.81 bits per heavy atom. The van der Waals surface area contributed by atoms with Crippen LogP contribution in [0, 0.1) is 0 Å². The number of hydrogen-bond donors (Lipinski definition) is 2. The molecule has 0 spiro atoms. The molecule has 0 aliphatic heterocycles. The predicted molar refractivity (Wildman–Crippen MR) is 85.1 cm³/mol. The first-order valence-corrected chi connectivity index (χ1v) is 7.37. The normalized spacial score (nSPS) is 10.7. The number of carbonyl (C=O) groups is 1. The van der Waals surface area contributed by atoms with Gasteiger partial charge in [-0.3, -0.25) is 9.69 Å². The molecule has 21 heavy (non-hydrogen) atoms. The lowest BCUT2D eigenvalue weighted by molar-refractivity contribution is -0.117. The van der Waals surface area contributed by atoms with Crippen molar-refractivity contribution in [2.45, 2.75) is 19.3 Å². The Morgan fingerprint density at radius 1 is 1.38 bits per heavy atom. The van der Waals surface area contributed by atoms with Crippen LogP contribution < -0.4 is 10.1 Å². The maximum absolute atomic E-state index is 12.0. The van der Waals surface area contributed by atoms with Crippen LogP contribution in [-0.4, -0.2) is 49.8 Å². The first-order chi connectivity index (χ1) is 10.1. The summed E-state index contributed by atoms with van der Waals surface area (Å²) in [5.74, 6) is 0.471. The summed E-state index contributed by atoms with van der Waals surface area (Å²) in [5, 5.41) is 12.1. The van der Waals surface area contributed by atoms with Crippen LogP contribution in [0.1, 0.15) is 19.3 Å². The summed E-state index contributed by atoms with van der Waals surface area (Å²) < 4.78 is 5.19. The Morgan fingerprint density at radius 2 is 2.14 bits per heavy atom. The van der Waals surface area contributed by atoms with E-state index in [9.17, 15) is 4.79 Å². The molecule has 0 heterocycles. The van der Waals surface area contributed by atoms with Gasteiger partial charge in [0, 0.05) is 11.6 Å². The molecule has 0 aromatic heterocycles. The number of unbranched alkanes of at least 4 members (excludes halogenated alkanes) is 2. The van der Waals surface area contributed by atoms with E-state index < -0.39 is 0 Å². The molecule has 1 amide bonds. The summed E-state index contributed by atoms with van der Waals surface area (Å²) in [7, 11) is 3.44. The molecule has 6 heteroatoms. The molecule has 5 nitrogen and oxygen atoms in total. The first-order valence-electron chi connectivity index (χ1n) is 6.99. The van der Waals surface area contributed by atoms with Crippen LogP contribution in [0.25, 0.3) is 0 Å². The van der Waals surface area contributed by atoms with Crippen LogP contribution in [-0.2, 0) is 4.79 Å². The average molecular weight is 315 g/mol. The second-order valence-electron chi connectivity index (χ2n) is 4.91. The SMILES string of the molecule is COc1ccc(Cl)cc1NC(=O)CN(C)CCCCCO. The van der Waals surface area contributed by atoms with Crippen LogP contribution in [0.5, 0.6) is 5.75 Å². The van der Waals surface area contributed by atoms with E-state index in [0.717, 1.165) is 25.8 Å². The Bertz CT molecular complexity index is 455. The molecule has 118 valence electrons. The third-order valence-electron chi connectivity index (χ3n) is 3.05. The summed E-state index contributed by atoms with van der Waals surface area (Å²) in [6, 6.07) is 5.10. The van der Waals surface area contributed by atoms with Gasteiger partial charge in [-0.15, -0.1) is 0 Å². The van der Waals surface area contributed by atoms with Gasteiger partial charge in [-0.1, -0.05) is 11.6 Å². The van der Waals surface area contributed by atoms with E-state index in [1.807, 2.05) is 11.9 Å². The molecule has 1 rings (SSSR count). The number of anilines is 1. The Kier molecular flexibility index (Phi) is 8.12. The van der Waals surface area contributed by atoms with E-state index in [-0.39, 0.29) is 12.5 Å². The van der Waals surface area contributed by atoms with Gasteiger partial charge in [0.15, 0.2) is 0 Å². The fourth-order valence-electron chi connectivity index (χ4n) is 1.96. The lowest BCUT2D eigenvalue weighted by atomic mass is 10.2. The number of carbonyl (C=O) groups excluding carboxylic acids is 1. The number of nitrogens with one attached hydrogen (secondary N) is 1. The Balaban J connectivity index is 2.44. The van der Waals surface area contributed by atoms with Crippen molar-refractivity contribution in [3.05, 3.63) is 23.2 Å². The Labute approximate surface area is 130 Å². The highest BCUT2D eigenvalue weighted by molar-refractivity contribution is 6.31. The maximum Gasteiger partial charge on any atom is 0.238 e. The minimum Gasteiger partial charge on any atom is -0.495 e. The topological polar surface area (TPSA) is 61.8 Å². The van der Waals surface area contributed by atoms with Crippen molar-refractivity contribution in [3.8, 4) is 5.75 Å². The molecule has 0 saturated heterocycles. The van der Waals surface area contributed by atoms with E-state index in [4.69, 9.17) is 21.4 Å². The average Bonchev–Trinajstić information content (AvgIpc) is 2.43. The number of methoxy groups -OCH3 is 1. The van der Waals surface area contributed by atoms with Crippen LogP contribution in [0.15, 0.2) is 18.2 Å². The number of rotatable bonds is 9. The standard InChI is InChI=1S/C15H23ClN2O3/c1-18(8-4-3-5-9-19)11-15(20)17-13-10-12(16)6-7-14(13)21-2/h6-7,10,19H,3-5,8-9,11H2,1-2H3,(H,17,20). The van der Waals surface area contributed by atoms with Crippen LogP contribution in [0.2, 0.25) is 5.02 Å². The van der Waals surface area contributed by atoms with Gasteiger partial charge in [0.05, 0.1) is 19.3 Å². The zero-order valence-corrected chi connectivity index (χ0v) is 13.3. The van der Waals surface area contributed by atoms with E-state index in [0.29, 0.717) is 23.0 Å². The molecule has 0 unspecified atom stereocenters. The van der Waals surface area contributed by atoms with Crippen LogP contribution in [0.3, 0.4) is 0 Å². The minimum atomic E-state index is -0.111. The van der Waals surface area contributed by atoms with E-state index in [1.165, 1.54) is 0 Å². The zero-order chi connectivity index (χ0) is 15.7. The molecule has 1 aromatic rings. The monoisotopic (exact) mass is 314 g/mol. The first kappa shape index (κ1) is 17.8. The number of hydrogen-bond acceptors (Lipinski definition) is 4. The highest BCUT2D eigenvalue weighted by Crippen LogP contribution is 2.27. The fraction of sp³-hybridized carbons (Fsp3) is 0.533. The second-order valence-corrected chi connectivity index (χ2v) is 5.35. The predicted octanol–water partition coefficient (Wildman–Crippen LogP) is 2.38. The van der Waals surface area contributed by atoms with Crippen LogP contribution >= 0.6 is 11.6 Å². The number of amides is 1. The van der Waals surface area contributed by atoms with Gasteiger partial charge < -0.3 is 15.2 Å². The number of aliphatic hydroxyl groups is 1. The summed E-state index contributed by atoms with van der Waals surface area (Å²) in [4.78, 5) is 13.9. The number of aliphatic hydroxyl groups excluding tert-OH is 1. The number of benzene rings is 1. The molecule has 0 atom stereocenters. The van der Waals surface area contributed by atoms with Crippen molar-refractivity contribution in [3.63, 3.8) is 0 Å². The van der Waals surface area contributed by atoms with Gasteiger partial charge in [-0.05, 0) is 51.1 Å². The smallest absolute Gasteiger partial charge is 0.238 e. The largest absolute Gasteiger partial charge is 0.495 e. The molecule has 1 aromatic carbocycles. The molecule has 0 bridgehead atoms. The summed E-state index contributed by atoms with van der Waals surface area (Å²) in [6.07, 6.45) is 2.73. The van der Waals surface area contributed by atoms with Gasteiger partial charge in [-0.25, -0.2) is 0 Å². The minimum absolute atomic E-state index is 0.111. The number of ether oxygens (including phenoxy) is 1. The van der Waals surface area contributed by atoms with Crippen molar-refractivity contribution in [1.82, 2.24) is 4.90 Å². The molecule has 0 fully saturated rings. The number of likely N-dealkylation sites (N-methyl/N-ethyl adjacent to an activating group) is 1. The third kappa shape index (κ3) is 6.80. The van der Waals surface area contributed by atoms with Crippen molar-refractivity contribution >= 4 is 23.2 Å². The van der Waals surface area contributed by atoms with E-state index >= 15 is 0 Å². The van der Waals surface area contributed by atoms with Crippen LogP contribution in [0.4, 0.5) is 5.69 Å². The molecule has 0 aliphatic carbocycles. The highest BCUT2D eigenvalue weighted by atomic mass is 35.5.